The molecule has 0 heterocycles. The Labute approximate surface area is 106 Å². The topological polar surface area (TPSA) is 78.4 Å². The van der Waals surface area contributed by atoms with Crippen LogP contribution in [0.5, 0.6) is 0 Å². The second kappa shape index (κ2) is 6.76. The van der Waals surface area contributed by atoms with E-state index < -0.39 is 5.97 Å². The third kappa shape index (κ3) is 4.18. The normalized spacial score (nSPS) is 10.1. The monoisotopic (exact) mass is 250 g/mol. The average molecular weight is 250 g/mol. The number of carboxylic acids is 1. The highest BCUT2D eigenvalue weighted by Gasteiger charge is 2.09. The Hall–Kier alpha value is -1.88. The van der Waals surface area contributed by atoms with Crippen molar-refractivity contribution in [1.29, 1.82) is 0 Å². The van der Waals surface area contributed by atoms with Crippen molar-refractivity contribution in [3.8, 4) is 0 Å². The van der Waals surface area contributed by atoms with E-state index in [-0.39, 0.29) is 11.5 Å². The third-order valence-electron chi connectivity index (χ3n) is 2.53. The molecule has 0 unspecified atom stereocenters. The van der Waals surface area contributed by atoms with Crippen LogP contribution in [0.4, 0.5) is 5.69 Å². The van der Waals surface area contributed by atoms with E-state index in [0.29, 0.717) is 24.2 Å². The minimum Gasteiger partial charge on any atom is -0.478 e. The highest BCUT2D eigenvalue weighted by Crippen LogP contribution is 2.15. The van der Waals surface area contributed by atoms with E-state index in [1.54, 1.807) is 19.1 Å². The lowest BCUT2D eigenvalue weighted by atomic mass is 10.1. The number of nitrogens with one attached hydrogen (secondary N) is 2. The van der Waals surface area contributed by atoms with Gasteiger partial charge in [-0.05, 0) is 31.2 Å². The number of amides is 1. The number of aryl methyl sites for hydroxylation is 1. The number of rotatable bonds is 6. The number of hydrogen-bond donors (Lipinski definition) is 3. The van der Waals surface area contributed by atoms with Crippen molar-refractivity contribution in [2.75, 3.05) is 18.4 Å². The molecule has 0 saturated heterocycles. The number of carboxylic acid groups (broad SMARTS) is 1. The van der Waals surface area contributed by atoms with Gasteiger partial charge in [-0.15, -0.1) is 0 Å². The number of anilines is 1. The highest BCUT2D eigenvalue weighted by molar-refractivity contribution is 5.94. The summed E-state index contributed by atoms with van der Waals surface area (Å²) in [5.41, 5.74) is 1.40. The van der Waals surface area contributed by atoms with Crippen molar-refractivity contribution in [2.45, 2.75) is 20.3 Å². The van der Waals surface area contributed by atoms with Crippen molar-refractivity contribution >= 4 is 17.6 Å². The molecule has 0 bridgehead atoms. The fourth-order valence-corrected chi connectivity index (χ4v) is 1.53. The summed E-state index contributed by atoms with van der Waals surface area (Å²) in [5.74, 6) is -1.12. The molecule has 0 spiro atoms. The lowest BCUT2D eigenvalue weighted by Gasteiger charge is -2.08. The summed E-state index contributed by atoms with van der Waals surface area (Å²) in [5, 5.41) is 14.7. The standard InChI is InChI=1S/C13H18N2O3/c1-3-14-7-6-12(16)15-10-5-4-9(2)11(8-10)13(17)18/h4-5,8,14H,3,6-7H2,1-2H3,(H,15,16)(H,17,18). The molecule has 0 aliphatic heterocycles. The SMILES string of the molecule is CCNCCC(=O)Nc1ccc(C)c(C(=O)O)c1. The largest absolute Gasteiger partial charge is 0.478 e. The van der Waals surface area contributed by atoms with E-state index in [2.05, 4.69) is 10.6 Å². The van der Waals surface area contributed by atoms with Crippen molar-refractivity contribution in [3.05, 3.63) is 29.3 Å². The third-order valence-corrected chi connectivity index (χ3v) is 2.53. The van der Waals surface area contributed by atoms with E-state index in [0.717, 1.165) is 6.54 Å². The van der Waals surface area contributed by atoms with Gasteiger partial charge in [0.15, 0.2) is 0 Å². The molecule has 3 N–H and O–H groups in total. The predicted molar refractivity (Wildman–Crippen MR) is 69.9 cm³/mol. The Morgan fingerprint density at radius 2 is 2.06 bits per heavy atom. The number of aromatic carboxylic acids is 1. The molecule has 0 aliphatic rings. The van der Waals surface area contributed by atoms with Crippen LogP contribution in [0.15, 0.2) is 18.2 Å². The lowest BCUT2D eigenvalue weighted by Crippen LogP contribution is -2.21. The van der Waals surface area contributed by atoms with Crippen molar-refractivity contribution < 1.29 is 14.7 Å². The van der Waals surface area contributed by atoms with Crippen LogP contribution < -0.4 is 10.6 Å². The van der Waals surface area contributed by atoms with Gasteiger partial charge in [-0.3, -0.25) is 4.79 Å². The smallest absolute Gasteiger partial charge is 0.336 e. The van der Waals surface area contributed by atoms with Gasteiger partial charge >= 0.3 is 5.97 Å². The molecule has 1 aromatic rings. The Bertz CT molecular complexity index is 444. The van der Waals surface area contributed by atoms with Crippen LogP contribution in [0.3, 0.4) is 0 Å². The summed E-state index contributed by atoms with van der Waals surface area (Å²) >= 11 is 0. The van der Waals surface area contributed by atoms with Gasteiger partial charge in [0.2, 0.25) is 5.91 Å². The predicted octanol–water partition coefficient (Wildman–Crippen LogP) is 1.63. The fourth-order valence-electron chi connectivity index (χ4n) is 1.53. The molecule has 0 atom stereocenters. The van der Waals surface area contributed by atoms with Gasteiger partial charge in [-0.2, -0.15) is 0 Å². The summed E-state index contributed by atoms with van der Waals surface area (Å²) < 4.78 is 0. The molecule has 0 radical (unpaired) electrons. The van der Waals surface area contributed by atoms with Crippen molar-refractivity contribution in [2.24, 2.45) is 0 Å². The molecule has 18 heavy (non-hydrogen) atoms. The maximum Gasteiger partial charge on any atom is 0.336 e. The van der Waals surface area contributed by atoms with E-state index in [1.807, 2.05) is 6.92 Å². The van der Waals surface area contributed by atoms with Crippen LogP contribution in [-0.2, 0) is 4.79 Å². The van der Waals surface area contributed by atoms with Crippen LogP contribution in [0, 0.1) is 6.92 Å². The van der Waals surface area contributed by atoms with E-state index >= 15 is 0 Å². The average Bonchev–Trinajstić information content (AvgIpc) is 2.31. The number of benzene rings is 1. The summed E-state index contributed by atoms with van der Waals surface area (Å²) in [7, 11) is 0. The number of carbonyl (C=O) groups excluding carboxylic acids is 1. The Balaban J connectivity index is 2.65. The zero-order valence-corrected chi connectivity index (χ0v) is 10.6. The van der Waals surface area contributed by atoms with Gasteiger partial charge < -0.3 is 15.7 Å². The molecule has 1 rings (SSSR count). The van der Waals surface area contributed by atoms with Crippen LogP contribution in [-0.4, -0.2) is 30.1 Å². The van der Waals surface area contributed by atoms with Crippen LogP contribution in [0.25, 0.3) is 0 Å². The van der Waals surface area contributed by atoms with E-state index in [4.69, 9.17) is 5.11 Å². The van der Waals surface area contributed by atoms with E-state index in [9.17, 15) is 9.59 Å². The molecule has 0 fully saturated rings. The summed E-state index contributed by atoms with van der Waals surface area (Å²) in [6.07, 6.45) is 0.365. The molecular weight excluding hydrogens is 232 g/mol. The van der Waals surface area contributed by atoms with Gasteiger partial charge in [-0.25, -0.2) is 4.79 Å². The van der Waals surface area contributed by atoms with Crippen LogP contribution in [0.1, 0.15) is 29.3 Å². The zero-order valence-electron chi connectivity index (χ0n) is 10.6. The maximum absolute atomic E-state index is 11.6. The Morgan fingerprint density at radius 1 is 1.33 bits per heavy atom. The van der Waals surface area contributed by atoms with Crippen LogP contribution >= 0.6 is 0 Å². The van der Waals surface area contributed by atoms with Crippen molar-refractivity contribution in [1.82, 2.24) is 5.32 Å². The van der Waals surface area contributed by atoms with Gasteiger partial charge in [-0.1, -0.05) is 13.0 Å². The van der Waals surface area contributed by atoms with Gasteiger partial charge in [0.25, 0.3) is 0 Å². The number of hydrogen-bond acceptors (Lipinski definition) is 3. The minimum atomic E-state index is -0.990. The van der Waals surface area contributed by atoms with E-state index in [1.165, 1.54) is 6.07 Å². The Kier molecular flexibility index (Phi) is 5.32. The summed E-state index contributed by atoms with van der Waals surface area (Å²) in [6, 6.07) is 4.86. The first kappa shape index (κ1) is 14.2. The maximum atomic E-state index is 11.6. The second-order valence-electron chi connectivity index (χ2n) is 3.99. The molecule has 5 nitrogen and oxygen atoms in total. The van der Waals surface area contributed by atoms with Crippen molar-refractivity contribution in [3.63, 3.8) is 0 Å². The van der Waals surface area contributed by atoms with Gasteiger partial charge in [0, 0.05) is 18.7 Å². The molecule has 1 amide bonds. The molecule has 0 aromatic heterocycles. The molecule has 0 saturated carbocycles. The minimum absolute atomic E-state index is 0.129. The summed E-state index contributed by atoms with van der Waals surface area (Å²) in [6.45, 7) is 5.12. The fraction of sp³-hybridized carbons (Fsp3) is 0.385. The first-order valence-corrected chi connectivity index (χ1v) is 5.89. The molecule has 98 valence electrons. The molecule has 0 aliphatic carbocycles. The van der Waals surface area contributed by atoms with Crippen LogP contribution in [0.2, 0.25) is 0 Å². The highest BCUT2D eigenvalue weighted by atomic mass is 16.4. The number of carbonyl (C=O) groups is 2. The first-order chi connectivity index (χ1) is 8.54. The zero-order chi connectivity index (χ0) is 13.5. The Morgan fingerprint density at radius 3 is 2.67 bits per heavy atom. The quantitative estimate of drug-likeness (QED) is 0.670. The lowest BCUT2D eigenvalue weighted by molar-refractivity contribution is -0.116. The molecule has 5 heteroatoms. The molecular formula is C13H18N2O3. The summed E-state index contributed by atoms with van der Waals surface area (Å²) in [4.78, 5) is 22.5. The molecule has 1 aromatic carbocycles. The first-order valence-electron chi connectivity index (χ1n) is 5.89. The van der Waals surface area contributed by atoms with Gasteiger partial charge in [0.1, 0.15) is 0 Å². The van der Waals surface area contributed by atoms with Gasteiger partial charge in [0.05, 0.1) is 5.56 Å². The second-order valence-corrected chi connectivity index (χ2v) is 3.99.